The van der Waals surface area contributed by atoms with E-state index in [2.05, 4.69) is 9.97 Å². The Balaban J connectivity index is 2.35. The molecule has 124 valence electrons. The standard InChI is InChI=1S/C14H12N4O6/c1-3-23-13(21)7-9-11(19)18-6-16-8(14(22)24-4-2)10(18)12(20)17(9)5-15-7/h5-6H,3-4H2,1-2H3. The van der Waals surface area contributed by atoms with Gasteiger partial charge < -0.3 is 9.47 Å². The Morgan fingerprint density at radius 1 is 0.875 bits per heavy atom. The molecule has 10 heteroatoms. The zero-order valence-corrected chi connectivity index (χ0v) is 12.8. The fourth-order valence-electron chi connectivity index (χ4n) is 2.34. The molecular weight excluding hydrogens is 320 g/mol. The number of esters is 2. The van der Waals surface area contributed by atoms with Crippen LogP contribution in [0.2, 0.25) is 0 Å². The molecule has 0 aromatic carbocycles. The lowest BCUT2D eigenvalue weighted by Crippen LogP contribution is -2.27. The van der Waals surface area contributed by atoms with Crippen LogP contribution in [0.3, 0.4) is 0 Å². The fourth-order valence-corrected chi connectivity index (χ4v) is 2.34. The van der Waals surface area contributed by atoms with Crippen LogP contribution in [0.5, 0.6) is 0 Å². The van der Waals surface area contributed by atoms with Crippen molar-refractivity contribution >= 4 is 23.0 Å². The second-order valence-electron chi connectivity index (χ2n) is 4.67. The molecule has 0 bridgehead atoms. The lowest BCUT2D eigenvalue weighted by Gasteiger charge is -2.01. The van der Waals surface area contributed by atoms with E-state index >= 15 is 0 Å². The van der Waals surface area contributed by atoms with Crippen LogP contribution in [0.25, 0.3) is 11.0 Å². The molecular formula is C14H12N4O6. The number of hydrogen-bond acceptors (Lipinski definition) is 8. The second kappa shape index (κ2) is 5.72. The van der Waals surface area contributed by atoms with E-state index in [1.54, 1.807) is 13.8 Å². The summed E-state index contributed by atoms with van der Waals surface area (Å²) in [6.45, 7) is 3.40. The van der Waals surface area contributed by atoms with Crippen LogP contribution in [0.4, 0.5) is 0 Å². The summed E-state index contributed by atoms with van der Waals surface area (Å²) < 4.78 is 11.4. The van der Waals surface area contributed by atoms with E-state index in [0.717, 1.165) is 21.5 Å². The molecule has 0 amide bonds. The molecule has 0 spiro atoms. The SMILES string of the molecule is CCOC(=O)c1ncn2c(=O)c3c(C(=O)OCC)ncn3c(=O)c12. The molecule has 0 unspecified atom stereocenters. The lowest BCUT2D eigenvalue weighted by atomic mass is 10.3. The average Bonchev–Trinajstić information content (AvgIpc) is 3.18. The van der Waals surface area contributed by atoms with Crippen molar-refractivity contribution in [1.82, 2.24) is 18.8 Å². The molecule has 0 N–H and O–H groups in total. The minimum Gasteiger partial charge on any atom is -0.461 e. The summed E-state index contributed by atoms with van der Waals surface area (Å²) in [5.74, 6) is -1.64. The highest BCUT2D eigenvalue weighted by Crippen LogP contribution is 2.09. The number of carbonyl (C=O) groups excluding carboxylic acids is 2. The first-order valence-corrected chi connectivity index (χ1v) is 7.09. The van der Waals surface area contributed by atoms with Gasteiger partial charge in [0.1, 0.15) is 23.7 Å². The molecule has 0 saturated heterocycles. The minimum absolute atomic E-state index is 0.0939. The highest BCUT2D eigenvalue weighted by Gasteiger charge is 2.25. The first-order valence-electron chi connectivity index (χ1n) is 7.09. The molecule has 0 aliphatic heterocycles. The van der Waals surface area contributed by atoms with Gasteiger partial charge in [-0.1, -0.05) is 0 Å². The van der Waals surface area contributed by atoms with Gasteiger partial charge in [-0.25, -0.2) is 19.6 Å². The normalized spacial score (nSPS) is 11.1. The first-order chi connectivity index (χ1) is 11.5. The Morgan fingerprint density at radius 2 is 1.25 bits per heavy atom. The largest absolute Gasteiger partial charge is 0.461 e. The number of hydrogen-bond donors (Lipinski definition) is 0. The number of carbonyl (C=O) groups is 2. The monoisotopic (exact) mass is 332 g/mol. The Morgan fingerprint density at radius 3 is 1.58 bits per heavy atom. The summed E-state index contributed by atoms with van der Waals surface area (Å²) in [7, 11) is 0. The Labute approximate surface area is 133 Å². The van der Waals surface area contributed by atoms with E-state index < -0.39 is 23.1 Å². The number of rotatable bonds is 4. The van der Waals surface area contributed by atoms with Gasteiger partial charge in [0.25, 0.3) is 11.1 Å². The summed E-state index contributed by atoms with van der Waals surface area (Å²) in [5.41, 5.74) is -2.45. The number of ether oxygens (including phenoxy) is 2. The smallest absolute Gasteiger partial charge is 0.359 e. The van der Waals surface area contributed by atoms with Crippen LogP contribution in [0.1, 0.15) is 34.8 Å². The number of aromatic nitrogens is 4. The predicted octanol–water partition coefficient (Wildman–Crippen LogP) is -0.506. The van der Waals surface area contributed by atoms with Gasteiger partial charge in [0, 0.05) is 0 Å². The van der Waals surface area contributed by atoms with Crippen LogP contribution in [-0.2, 0) is 9.47 Å². The van der Waals surface area contributed by atoms with Gasteiger partial charge >= 0.3 is 11.9 Å². The molecule has 0 saturated carbocycles. The lowest BCUT2D eigenvalue weighted by molar-refractivity contribution is 0.0512. The summed E-state index contributed by atoms with van der Waals surface area (Å²) in [4.78, 5) is 56.5. The number of imidazole rings is 2. The number of fused-ring (bicyclic) bond motifs is 2. The summed E-state index contributed by atoms with van der Waals surface area (Å²) in [6.07, 6.45) is 2.07. The molecule has 10 nitrogen and oxygen atoms in total. The van der Waals surface area contributed by atoms with Crippen molar-refractivity contribution in [2.24, 2.45) is 0 Å². The van der Waals surface area contributed by atoms with Gasteiger partial charge in [0.05, 0.1) is 13.2 Å². The second-order valence-corrected chi connectivity index (χ2v) is 4.67. The van der Waals surface area contributed by atoms with Gasteiger partial charge in [0.15, 0.2) is 11.4 Å². The third kappa shape index (κ3) is 2.11. The predicted molar refractivity (Wildman–Crippen MR) is 79.6 cm³/mol. The van der Waals surface area contributed by atoms with Crippen LogP contribution in [-0.4, -0.2) is 43.9 Å². The Bertz CT molecular complexity index is 980. The highest BCUT2D eigenvalue weighted by molar-refractivity contribution is 5.97. The Kier molecular flexibility index (Phi) is 3.72. The van der Waals surface area contributed by atoms with Crippen molar-refractivity contribution in [3.63, 3.8) is 0 Å². The van der Waals surface area contributed by atoms with Gasteiger partial charge in [-0.2, -0.15) is 0 Å². The van der Waals surface area contributed by atoms with Crippen LogP contribution >= 0.6 is 0 Å². The van der Waals surface area contributed by atoms with E-state index in [1.807, 2.05) is 0 Å². The van der Waals surface area contributed by atoms with Crippen LogP contribution in [0.15, 0.2) is 22.2 Å². The maximum Gasteiger partial charge on any atom is 0.359 e. The zero-order chi connectivity index (χ0) is 17.4. The van der Waals surface area contributed by atoms with E-state index in [9.17, 15) is 19.2 Å². The van der Waals surface area contributed by atoms with E-state index in [0.29, 0.717) is 0 Å². The minimum atomic E-state index is -0.818. The molecule has 0 aliphatic rings. The summed E-state index contributed by atoms with van der Waals surface area (Å²) >= 11 is 0. The van der Waals surface area contributed by atoms with Crippen molar-refractivity contribution < 1.29 is 19.1 Å². The van der Waals surface area contributed by atoms with E-state index in [-0.39, 0.29) is 35.6 Å². The summed E-state index contributed by atoms with van der Waals surface area (Å²) in [5, 5.41) is 0. The molecule has 0 atom stereocenters. The quantitative estimate of drug-likeness (QED) is 0.586. The van der Waals surface area contributed by atoms with Gasteiger partial charge in [-0.05, 0) is 13.8 Å². The molecule has 3 rings (SSSR count). The summed E-state index contributed by atoms with van der Waals surface area (Å²) in [6, 6.07) is 0. The van der Waals surface area contributed by atoms with Crippen LogP contribution in [0, 0.1) is 0 Å². The molecule has 24 heavy (non-hydrogen) atoms. The van der Waals surface area contributed by atoms with Crippen molar-refractivity contribution in [3.8, 4) is 0 Å². The third-order valence-corrected chi connectivity index (χ3v) is 3.32. The first kappa shape index (κ1) is 15.6. The molecule has 3 aromatic rings. The van der Waals surface area contributed by atoms with Crippen LogP contribution < -0.4 is 11.1 Å². The van der Waals surface area contributed by atoms with Gasteiger partial charge in [-0.3, -0.25) is 18.4 Å². The van der Waals surface area contributed by atoms with E-state index in [4.69, 9.17) is 9.47 Å². The third-order valence-electron chi connectivity index (χ3n) is 3.32. The van der Waals surface area contributed by atoms with E-state index in [1.165, 1.54) is 0 Å². The van der Waals surface area contributed by atoms with Gasteiger partial charge in [0.2, 0.25) is 0 Å². The maximum atomic E-state index is 12.6. The maximum absolute atomic E-state index is 12.6. The van der Waals surface area contributed by atoms with Crippen molar-refractivity contribution in [3.05, 3.63) is 44.8 Å². The van der Waals surface area contributed by atoms with Gasteiger partial charge in [-0.15, -0.1) is 0 Å². The molecule has 3 heterocycles. The van der Waals surface area contributed by atoms with Crippen molar-refractivity contribution in [2.75, 3.05) is 13.2 Å². The van der Waals surface area contributed by atoms with Crippen molar-refractivity contribution in [1.29, 1.82) is 0 Å². The highest BCUT2D eigenvalue weighted by atomic mass is 16.5. The Hall–Kier alpha value is -3.30. The topological polar surface area (TPSA) is 121 Å². The zero-order valence-electron chi connectivity index (χ0n) is 12.8. The van der Waals surface area contributed by atoms with Crippen molar-refractivity contribution in [2.45, 2.75) is 13.8 Å². The number of nitrogens with zero attached hydrogens (tertiary/aromatic N) is 4. The molecule has 0 fully saturated rings. The average molecular weight is 332 g/mol. The molecule has 3 aromatic heterocycles. The fraction of sp³-hybridized carbons (Fsp3) is 0.286. The molecule has 0 aliphatic carbocycles. The molecule has 0 radical (unpaired) electrons.